The van der Waals surface area contributed by atoms with E-state index in [4.69, 9.17) is 0 Å². The molecule has 2 aromatic rings. The Morgan fingerprint density at radius 1 is 1.11 bits per heavy atom. The van der Waals surface area contributed by atoms with Crippen LogP contribution in [0.15, 0.2) is 42.5 Å². The lowest BCUT2D eigenvalue weighted by Gasteiger charge is -2.20. The Bertz CT molecular complexity index is 555. The fourth-order valence-electron chi connectivity index (χ4n) is 3.53. The van der Waals surface area contributed by atoms with Crippen molar-refractivity contribution < 1.29 is 5.11 Å². The van der Waals surface area contributed by atoms with Crippen LogP contribution in [0, 0.1) is 11.8 Å². The van der Waals surface area contributed by atoms with E-state index in [2.05, 4.69) is 49.4 Å². The number of fused-ring (bicyclic) bond motifs is 1. The molecule has 0 aliphatic heterocycles. The van der Waals surface area contributed by atoms with Crippen molar-refractivity contribution >= 4 is 10.8 Å². The molecule has 0 aromatic heterocycles. The van der Waals surface area contributed by atoms with Crippen molar-refractivity contribution in [1.29, 1.82) is 0 Å². The zero-order chi connectivity index (χ0) is 13.2. The van der Waals surface area contributed by atoms with Gasteiger partial charge < -0.3 is 5.11 Å². The number of hydrogen-bond acceptors (Lipinski definition) is 1. The molecule has 3 atom stereocenters. The molecule has 1 aliphatic rings. The highest BCUT2D eigenvalue weighted by Crippen LogP contribution is 2.41. The maximum Gasteiger partial charge on any atom is 0.0824 e. The first-order valence-electron chi connectivity index (χ1n) is 7.45. The van der Waals surface area contributed by atoms with Gasteiger partial charge in [-0.05, 0) is 41.0 Å². The predicted molar refractivity (Wildman–Crippen MR) is 80.0 cm³/mol. The number of hydrogen-bond donors (Lipinski definition) is 1. The van der Waals surface area contributed by atoms with Gasteiger partial charge in [0.05, 0.1) is 6.10 Å². The lowest BCUT2D eigenvalue weighted by molar-refractivity contribution is 0.110. The molecule has 1 nitrogen and oxygen atoms in total. The van der Waals surface area contributed by atoms with Crippen LogP contribution in [0.5, 0.6) is 0 Å². The fraction of sp³-hybridized carbons (Fsp3) is 0.444. The number of aliphatic hydroxyl groups excluding tert-OH is 1. The van der Waals surface area contributed by atoms with Crippen LogP contribution in [0.2, 0.25) is 0 Å². The molecule has 0 amide bonds. The topological polar surface area (TPSA) is 20.2 Å². The van der Waals surface area contributed by atoms with E-state index in [1.807, 2.05) is 0 Å². The van der Waals surface area contributed by atoms with Gasteiger partial charge in [0.2, 0.25) is 0 Å². The summed E-state index contributed by atoms with van der Waals surface area (Å²) >= 11 is 0. The summed E-state index contributed by atoms with van der Waals surface area (Å²) in [6.07, 6.45) is 4.58. The van der Waals surface area contributed by atoms with Crippen molar-refractivity contribution in [2.75, 3.05) is 0 Å². The summed E-state index contributed by atoms with van der Waals surface area (Å²) in [7, 11) is 0. The van der Waals surface area contributed by atoms with Crippen molar-refractivity contribution in [2.24, 2.45) is 11.8 Å². The van der Waals surface area contributed by atoms with Crippen molar-refractivity contribution in [2.45, 2.75) is 38.7 Å². The molecular formula is C18H22O. The lowest BCUT2D eigenvalue weighted by atomic mass is 9.90. The van der Waals surface area contributed by atoms with Crippen LogP contribution in [0.3, 0.4) is 0 Å². The molecule has 19 heavy (non-hydrogen) atoms. The molecule has 0 heterocycles. The molecule has 1 aliphatic carbocycles. The van der Waals surface area contributed by atoms with E-state index in [0.717, 1.165) is 11.5 Å². The van der Waals surface area contributed by atoms with Crippen molar-refractivity contribution in [3.8, 4) is 0 Å². The summed E-state index contributed by atoms with van der Waals surface area (Å²) in [5.41, 5.74) is 1.11. The first-order chi connectivity index (χ1) is 9.29. The molecule has 1 N–H and O–H groups in total. The summed E-state index contributed by atoms with van der Waals surface area (Å²) in [4.78, 5) is 0. The zero-order valence-corrected chi connectivity index (χ0v) is 11.5. The Labute approximate surface area is 115 Å². The standard InChI is InChI=1S/C18H22O/c1-2-13-10-11-15(12-13)18(19)17-9-5-7-14-6-3-4-8-16(14)17/h3-9,13,15,18-19H,2,10-12H2,1H3. The van der Waals surface area contributed by atoms with Gasteiger partial charge in [-0.3, -0.25) is 0 Å². The molecule has 2 aromatic carbocycles. The average molecular weight is 254 g/mol. The Morgan fingerprint density at radius 2 is 1.89 bits per heavy atom. The third-order valence-electron chi connectivity index (χ3n) is 4.75. The summed E-state index contributed by atoms with van der Waals surface area (Å²) < 4.78 is 0. The van der Waals surface area contributed by atoms with Crippen molar-refractivity contribution in [3.05, 3.63) is 48.0 Å². The Balaban J connectivity index is 1.92. The monoisotopic (exact) mass is 254 g/mol. The third kappa shape index (κ3) is 2.40. The maximum atomic E-state index is 10.7. The van der Waals surface area contributed by atoms with E-state index in [1.54, 1.807) is 0 Å². The SMILES string of the molecule is CCC1CCC(C(O)c2cccc3ccccc23)C1. The molecule has 3 unspecified atom stereocenters. The highest BCUT2D eigenvalue weighted by molar-refractivity contribution is 5.85. The minimum absolute atomic E-state index is 0.303. The second-order valence-electron chi connectivity index (χ2n) is 5.86. The lowest BCUT2D eigenvalue weighted by Crippen LogP contribution is -2.10. The molecule has 0 radical (unpaired) electrons. The van der Waals surface area contributed by atoms with E-state index >= 15 is 0 Å². The van der Waals surface area contributed by atoms with E-state index < -0.39 is 0 Å². The van der Waals surface area contributed by atoms with Crippen LogP contribution < -0.4 is 0 Å². The molecule has 0 spiro atoms. The molecule has 1 heteroatoms. The van der Waals surface area contributed by atoms with Crippen LogP contribution >= 0.6 is 0 Å². The highest BCUT2D eigenvalue weighted by Gasteiger charge is 2.30. The van der Waals surface area contributed by atoms with Gasteiger partial charge in [-0.1, -0.05) is 62.2 Å². The quantitative estimate of drug-likeness (QED) is 0.841. The minimum atomic E-state index is -0.303. The number of aliphatic hydroxyl groups is 1. The third-order valence-corrected chi connectivity index (χ3v) is 4.75. The van der Waals surface area contributed by atoms with E-state index in [9.17, 15) is 5.11 Å². The Hall–Kier alpha value is -1.34. The van der Waals surface area contributed by atoms with Crippen molar-refractivity contribution in [1.82, 2.24) is 0 Å². The Kier molecular flexibility index (Phi) is 3.56. The van der Waals surface area contributed by atoms with Crippen LogP contribution in [0.1, 0.15) is 44.3 Å². The summed E-state index contributed by atoms with van der Waals surface area (Å²) in [6.45, 7) is 2.26. The maximum absolute atomic E-state index is 10.7. The van der Waals surface area contributed by atoms with Crippen LogP contribution in [-0.2, 0) is 0 Å². The summed E-state index contributed by atoms with van der Waals surface area (Å²) in [5, 5.41) is 13.2. The largest absolute Gasteiger partial charge is 0.388 e. The summed E-state index contributed by atoms with van der Waals surface area (Å²) in [6, 6.07) is 14.6. The zero-order valence-electron chi connectivity index (χ0n) is 11.5. The van der Waals surface area contributed by atoms with Crippen molar-refractivity contribution in [3.63, 3.8) is 0 Å². The number of benzene rings is 2. The first kappa shape index (κ1) is 12.7. The molecule has 1 saturated carbocycles. The summed E-state index contributed by atoms with van der Waals surface area (Å²) in [5.74, 6) is 1.25. The van der Waals surface area contributed by atoms with Gasteiger partial charge in [0.25, 0.3) is 0 Å². The molecule has 0 saturated heterocycles. The molecule has 100 valence electrons. The van der Waals surface area contributed by atoms with Crippen LogP contribution in [0.4, 0.5) is 0 Å². The van der Waals surface area contributed by atoms with Gasteiger partial charge in [0.15, 0.2) is 0 Å². The van der Waals surface area contributed by atoms with E-state index in [0.29, 0.717) is 5.92 Å². The molecular weight excluding hydrogens is 232 g/mol. The normalized spacial score (nSPS) is 24.7. The molecule has 0 bridgehead atoms. The Morgan fingerprint density at radius 3 is 2.68 bits per heavy atom. The van der Waals surface area contributed by atoms with Gasteiger partial charge in [0.1, 0.15) is 0 Å². The van der Waals surface area contributed by atoms with E-state index in [-0.39, 0.29) is 6.10 Å². The van der Waals surface area contributed by atoms with Gasteiger partial charge in [-0.25, -0.2) is 0 Å². The predicted octanol–water partition coefficient (Wildman–Crippen LogP) is 4.70. The second-order valence-corrected chi connectivity index (χ2v) is 5.86. The second kappa shape index (κ2) is 5.34. The average Bonchev–Trinajstić information content (AvgIpc) is 2.95. The first-order valence-corrected chi connectivity index (χ1v) is 7.45. The van der Waals surface area contributed by atoms with Gasteiger partial charge in [0, 0.05) is 0 Å². The molecule has 3 rings (SSSR count). The molecule has 1 fully saturated rings. The van der Waals surface area contributed by atoms with Gasteiger partial charge in [-0.2, -0.15) is 0 Å². The van der Waals surface area contributed by atoms with Crippen LogP contribution in [0.25, 0.3) is 10.8 Å². The van der Waals surface area contributed by atoms with Gasteiger partial charge in [-0.15, -0.1) is 0 Å². The smallest absolute Gasteiger partial charge is 0.0824 e. The minimum Gasteiger partial charge on any atom is -0.388 e. The number of rotatable bonds is 3. The van der Waals surface area contributed by atoms with E-state index in [1.165, 1.54) is 36.5 Å². The fourth-order valence-corrected chi connectivity index (χ4v) is 3.53. The van der Waals surface area contributed by atoms with Crippen LogP contribution in [-0.4, -0.2) is 5.11 Å². The highest BCUT2D eigenvalue weighted by atomic mass is 16.3. The van der Waals surface area contributed by atoms with Gasteiger partial charge >= 0.3 is 0 Å².